The van der Waals surface area contributed by atoms with Crippen molar-refractivity contribution in [3.63, 3.8) is 0 Å². The Morgan fingerprint density at radius 1 is 1.31 bits per heavy atom. The first-order chi connectivity index (χ1) is 7.67. The van der Waals surface area contributed by atoms with E-state index in [2.05, 4.69) is 44.3 Å². The van der Waals surface area contributed by atoms with Crippen LogP contribution in [0.5, 0.6) is 0 Å². The second kappa shape index (κ2) is 6.66. The molecule has 16 heavy (non-hydrogen) atoms. The van der Waals surface area contributed by atoms with Gasteiger partial charge in [-0.05, 0) is 31.4 Å². The Morgan fingerprint density at radius 2 is 2.06 bits per heavy atom. The van der Waals surface area contributed by atoms with Gasteiger partial charge >= 0.3 is 0 Å². The maximum absolute atomic E-state index is 5.17. The van der Waals surface area contributed by atoms with E-state index in [1.807, 2.05) is 0 Å². The highest BCUT2D eigenvalue weighted by molar-refractivity contribution is 5.30. The number of aryl methyl sites for hydroxylation is 2. The van der Waals surface area contributed by atoms with Crippen molar-refractivity contribution in [1.29, 1.82) is 0 Å². The molecule has 0 aliphatic carbocycles. The molecule has 1 aromatic carbocycles. The molecule has 0 radical (unpaired) electrons. The van der Waals surface area contributed by atoms with E-state index in [1.54, 1.807) is 7.11 Å². The molecule has 0 saturated carbocycles. The second-order valence-electron chi connectivity index (χ2n) is 4.37. The fourth-order valence-electron chi connectivity index (χ4n) is 1.82. The van der Waals surface area contributed by atoms with Gasteiger partial charge in [-0.1, -0.05) is 30.7 Å². The summed E-state index contributed by atoms with van der Waals surface area (Å²) >= 11 is 0. The van der Waals surface area contributed by atoms with Crippen molar-refractivity contribution in [1.82, 2.24) is 5.32 Å². The third kappa shape index (κ3) is 3.95. The molecule has 0 saturated heterocycles. The molecule has 1 aromatic rings. The number of hydrogen-bond acceptors (Lipinski definition) is 2. The zero-order valence-electron chi connectivity index (χ0n) is 10.8. The highest BCUT2D eigenvalue weighted by Gasteiger charge is 2.05. The van der Waals surface area contributed by atoms with Crippen LogP contribution in [0, 0.1) is 13.8 Å². The lowest BCUT2D eigenvalue weighted by atomic mass is 10.1. The van der Waals surface area contributed by atoms with E-state index in [1.165, 1.54) is 16.7 Å². The minimum atomic E-state index is 0.450. The van der Waals surface area contributed by atoms with Gasteiger partial charge in [-0.25, -0.2) is 0 Å². The average molecular weight is 221 g/mol. The van der Waals surface area contributed by atoms with Crippen molar-refractivity contribution >= 4 is 0 Å². The Kier molecular flexibility index (Phi) is 5.50. The van der Waals surface area contributed by atoms with Crippen LogP contribution in [0.4, 0.5) is 0 Å². The molecule has 1 rings (SSSR count). The largest absolute Gasteiger partial charge is 0.383 e. The predicted octanol–water partition coefficient (Wildman–Crippen LogP) is 2.82. The molecule has 0 heterocycles. The monoisotopic (exact) mass is 221 g/mol. The fraction of sp³-hybridized carbons (Fsp3) is 0.571. The average Bonchev–Trinajstić information content (AvgIpc) is 2.26. The molecular formula is C14H23NO. The van der Waals surface area contributed by atoms with Crippen molar-refractivity contribution in [2.75, 3.05) is 13.7 Å². The topological polar surface area (TPSA) is 21.3 Å². The molecule has 0 amide bonds. The van der Waals surface area contributed by atoms with E-state index in [-0.39, 0.29) is 0 Å². The summed E-state index contributed by atoms with van der Waals surface area (Å²) in [6, 6.07) is 7.05. The van der Waals surface area contributed by atoms with Crippen LogP contribution in [-0.2, 0) is 11.3 Å². The Morgan fingerprint density at radius 3 is 2.62 bits per heavy atom. The Hall–Kier alpha value is -0.860. The minimum absolute atomic E-state index is 0.450. The molecule has 90 valence electrons. The van der Waals surface area contributed by atoms with E-state index >= 15 is 0 Å². The normalized spacial score (nSPS) is 12.8. The highest BCUT2D eigenvalue weighted by Crippen LogP contribution is 2.10. The first-order valence-electron chi connectivity index (χ1n) is 5.95. The van der Waals surface area contributed by atoms with Gasteiger partial charge in [-0.15, -0.1) is 0 Å². The lowest BCUT2D eigenvalue weighted by Crippen LogP contribution is -2.32. The molecule has 1 atom stereocenters. The first-order valence-corrected chi connectivity index (χ1v) is 5.95. The molecule has 0 aliphatic rings. The van der Waals surface area contributed by atoms with E-state index in [9.17, 15) is 0 Å². The molecule has 0 spiro atoms. The van der Waals surface area contributed by atoms with Crippen LogP contribution < -0.4 is 5.32 Å². The summed E-state index contributed by atoms with van der Waals surface area (Å²) in [5.41, 5.74) is 4.06. The molecule has 2 heteroatoms. The van der Waals surface area contributed by atoms with Gasteiger partial charge in [-0.3, -0.25) is 0 Å². The zero-order valence-corrected chi connectivity index (χ0v) is 10.8. The van der Waals surface area contributed by atoms with Gasteiger partial charge in [0.1, 0.15) is 0 Å². The third-order valence-corrected chi connectivity index (χ3v) is 2.94. The van der Waals surface area contributed by atoms with Crippen LogP contribution in [0.3, 0.4) is 0 Å². The quantitative estimate of drug-likeness (QED) is 0.797. The smallest absolute Gasteiger partial charge is 0.0615 e. The van der Waals surface area contributed by atoms with Gasteiger partial charge in [0, 0.05) is 19.7 Å². The van der Waals surface area contributed by atoms with Gasteiger partial charge in [0.2, 0.25) is 0 Å². The molecule has 0 aliphatic heterocycles. The van der Waals surface area contributed by atoms with Crippen molar-refractivity contribution in [3.8, 4) is 0 Å². The van der Waals surface area contributed by atoms with Crippen molar-refractivity contribution in [2.45, 2.75) is 39.8 Å². The molecule has 1 unspecified atom stereocenters. The first kappa shape index (κ1) is 13.2. The number of hydrogen-bond donors (Lipinski definition) is 1. The number of rotatable bonds is 6. The Bertz CT molecular complexity index is 323. The van der Waals surface area contributed by atoms with E-state index in [0.29, 0.717) is 6.04 Å². The maximum Gasteiger partial charge on any atom is 0.0615 e. The molecule has 0 aromatic heterocycles. The molecular weight excluding hydrogens is 198 g/mol. The second-order valence-corrected chi connectivity index (χ2v) is 4.37. The third-order valence-electron chi connectivity index (χ3n) is 2.94. The van der Waals surface area contributed by atoms with Crippen molar-refractivity contribution in [3.05, 3.63) is 34.9 Å². The standard InChI is InChI=1S/C14H23NO/c1-5-14(10-16-4)15-9-13-7-6-11(2)8-12(13)3/h6-8,14-15H,5,9-10H2,1-4H3. The van der Waals surface area contributed by atoms with Gasteiger partial charge in [0.25, 0.3) is 0 Å². The lowest BCUT2D eigenvalue weighted by molar-refractivity contribution is 0.164. The van der Waals surface area contributed by atoms with Gasteiger partial charge in [0.05, 0.1) is 6.61 Å². The van der Waals surface area contributed by atoms with Crippen LogP contribution in [0.1, 0.15) is 30.0 Å². The van der Waals surface area contributed by atoms with E-state index in [0.717, 1.165) is 19.6 Å². The van der Waals surface area contributed by atoms with Crippen LogP contribution in [0.15, 0.2) is 18.2 Å². The van der Waals surface area contributed by atoms with Crippen molar-refractivity contribution in [2.24, 2.45) is 0 Å². The van der Waals surface area contributed by atoms with Gasteiger partial charge in [0.15, 0.2) is 0 Å². The minimum Gasteiger partial charge on any atom is -0.383 e. The fourth-order valence-corrected chi connectivity index (χ4v) is 1.82. The van der Waals surface area contributed by atoms with Crippen LogP contribution in [-0.4, -0.2) is 19.8 Å². The summed E-state index contributed by atoms with van der Waals surface area (Å²) in [5, 5.41) is 3.52. The van der Waals surface area contributed by atoms with E-state index < -0.39 is 0 Å². The molecule has 0 bridgehead atoms. The summed E-state index contributed by atoms with van der Waals surface area (Å²) in [7, 11) is 1.75. The Balaban J connectivity index is 2.53. The Labute approximate surface area is 99.0 Å². The SMILES string of the molecule is CCC(COC)NCc1ccc(C)cc1C. The van der Waals surface area contributed by atoms with Crippen molar-refractivity contribution < 1.29 is 4.74 Å². The maximum atomic E-state index is 5.17. The zero-order chi connectivity index (χ0) is 12.0. The number of benzene rings is 1. The number of methoxy groups -OCH3 is 1. The summed E-state index contributed by atoms with van der Waals surface area (Å²) < 4.78 is 5.17. The number of ether oxygens (including phenoxy) is 1. The molecule has 1 N–H and O–H groups in total. The van der Waals surface area contributed by atoms with Crippen LogP contribution in [0.25, 0.3) is 0 Å². The number of nitrogens with one attached hydrogen (secondary N) is 1. The lowest BCUT2D eigenvalue weighted by Gasteiger charge is -2.17. The van der Waals surface area contributed by atoms with Crippen LogP contribution >= 0.6 is 0 Å². The predicted molar refractivity (Wildman–Crippen MR) is 68.7 cm³/mol. The summed E-state index contributed by atoms with van der Waals surface area (Å²) in [6.07, 6.45) is 1.10. The van der Waals surface area contributed by atoms with Gasteiger partial charge < -0.3 is 10.1 Å². The summed E-state index contributed by atoms with van der Waals surface area (Å²) in [6.45, 7) is 8.18. The summed E-state index contributed by atoms with van der Waals surface area (Å²) in [4.78, 5) is 0. The summed E-state index contributed by atoms with van der Waals surface area (Å²) in [5.74, 6) is 0. The van der Waals surface area contributed by atoms with E-state index in [4.69, 9.17) is 4.74 Å². The molecule has 2 nitrogen and oxygen atoms in total. The highest BCUT2D eigenvalue weighted by atomic mass is 16.5. The van der Waals surface area contributed by atoms with Gasteiger partial charge in [-0.2, -0.15) is 0 Å². The molecule has 0 fully saturated rings. The van der Waals surface area contributed by atoms with Crippen LogP contribution in [0.2, 0.25) is 0 Å².